The van der Waals surface area contributed by atoms with Crippen LogP contribution in [-0.2, 0) is 18.3 Å². The summed E-state index contributed by atoms with van der Waals surface area (Å²) in [5, 5.41) is 4.22. The van der Waals surface area contributed by atoms with E-state index in [0.29, 0.717) is 31.9 Å². The maximum atomic E-state index is 12.6. The van der Waals surface area contributed by atoms with Crippen LogP contribution in [0.4, 0.5) is 5.95 Å². The second kappa shape index (κ2) is 7.31. The molecule has 0 bridgehead atoms. The van der Waals surface area contributed by atoms with E-state index in [9.17, 15) is 9.59 Å². The van der Waals surface area contributed by atoms with Gasteiger partial charge in [0.05, 0.1) is 11.9 Å². The van der Waals surface area contributed by atoms with Crippen LogP contribution in [0.25, 0.3) is 0 Å². The SMILES string of the molecule is Cc1c(CCC(=O)N2CCC(c3cc(=O)[nH]c(N(C)C)n3)C2)cnn1C. The van der Waals surface area contributed by atoms with Gasteiger partial charge in [0.1, 0.15) is 0 Å². The zero-order valence-corrected chi connectivity index (χ0v) is 15.8. The van der Waals surface area contributed by atoms with Crippen LogP contribution in [0.15, 0.2) is 17.1 Å². The van der Waals surface area contributed by atoms with E-state index in [4.69, 9.17) is 0 Å². The minimum atomic E-state index is -0.157. The first-order valence-electron chi connectivity index (χ1n) is 8.89. The third-order valence-corrected chi connectivity index (χ3v) is 5.08. The van der Waals surface area contributed by atoms with Gasteiger partial charge in [-0.3, -0.25) is 19.3 Å². The first-order chi connectivity index (χ1) is 12.3. The van der Waals surface area contributed by atoms with Crippen molar-refractivity contribution in [2.45, 2.75) is 32.1 Å². The standard InChI is InChI=1S/C18H26N6O2/c1-12-13(10-19-23(12)4)5-6-17(26)24-8-7-14(11-24)15-9-16(25)21-18(20-15)22(2)3/h9-10,14H,5-8,11H2,1-4H3,(H,20,21,25). The molecule has 1 atom stereocenters. The van der Waals surface area contributed by atoms with Crippen LogP contribution in [0.1, 0.15) is 35.7 Å². The predicted molar refractivity (Wildman–Crippen MR) is 99.4 cm³/mol. The molecule has 140 valence electrons. The zero-order valence-electron chi connectivity index (χ0n) is 15.8. The number of likely N-dealkylation sites (tertiary alicyclic amines) is 1. The third kappa shape index (κ3) is 3.79. The van der Waals surface area contributed by atoms with Gasteiger partial charge in [-0.1, -0.05) is 0 Å². The number of rotatable bonds is 5. The smallest absolute Gasteiger partial charge is 0.252 e. The van der Waals surface area contributed by atoms with Crippen molar-refractivity contribution in [3.63, 3.8) is 0 Å². The van der Waals surface area contributed by atoms with Gasteiger partial charge in [-0.05, 0) is 25.3 Å². The normalized spacial score (nSPS) is 16.9. The molecule has 26 heavy (non-hydrogen) atoms. The fourth-order valence-electron chi connectivity index (χ4n) is 3.30. The third-order valence-electron chi connectivity index (χ3n) is 5.08. The van der Waals surface area contributed by atoms with Crippen molar-refractivity contribution in [1.29, 1.82) is 0 Å². The monoisotopic (exact) mass is 358 g/mol. The highest BCUT2D eigenvalue weighted by Gasteiger charge is 2.28. The molecule has 3 rings (SSSR count). The number of nitrogens with zero attached hydrogens (tertiary/aromatic N) is 5. The van der Waals surface area contributed by atoms with Gasteiger partial charge in [0, 0.05) is 58.3 Å². The molecular weight excluding hydrogens is 332 g/mol. The fourth-order valence-corrected chi connectivity index (χ4v) is 3.30. The summed E-state index contributed by atoms with van der Waals surface area (Å²) in [6.07, 6.45) is 3.85. The Morgan fingerprint density at radius 3 is 2.85 bits per heavy atom. The molecule has 8 nitrogen and oxygen atoms in total. The van der Waals surface area contributed by atoms with Gasteiger partial charge in [0.2, 0.25) is 11.9 Å². The molecule has 0 aliphatic carbocycles. The van der Waals surface area contributed by atoms with Gasteiger partial charge in [-0.2, -0.15) is 5.10 Å². The molecule has 1 amide bonds. The van der Waals surface area contributed by atoms with Gasteiger partial charge < -0.3 is 9.80 Å². The Kier molecular flexibility index (Phi) is 5.11. The molecule has 1 fully saturated rings. The van der Waals surface area contributed by atoms with E-state index >= 15 is 0 Å². The number of aromatic amines is 1. The fraction of sp³-hybridized carbons (Fsp3) is 0.556. The molecule has 2 aromatic heterocycles. The number of aryl methyl sites for hydroxylation is 2. The van der Waals surface area contributed by atoms with Crippen molar-refractivity contribution in [2.24, 2.45) is 7.05 Å². The van der Waals surface area contributed by atoms with Gasteiger partial charge in [0.15, 0.2) is 0 Å². The highest BCUT2D eigenvalue weighted by Crippen LogP contribution is 2.26. The van der Waals surface area contributed by atoms with Crippen LogP contribution in [-0.4, -0.2) is 57.7 Å². The summed E-state index contributed by atoms with van der Waals surface area (Å²) in [5.74, 6) is 0.804. The molecule has 3 heterocycles. The van der Waals surface area contributed by atoms with Crippen LogP contribution in [0.2, 0.25) is 0 Å². The highest BCUT2D eigenvalue weighted by molar-refractivity contribution is 5.76. The van der Waals surface area contributed by atoms with Gasteiger partial charge in [0.25, 0.3) is 5.56 Å². The number of anilines is 1. The molecule has 0 spiro atoms. The maximum absolute atomic E-state index is 12.6. The summed E-state index contributed by atoms with van der Waals surface area (Å²) >= 11 is 0. The molecule has 0 radical (unpaired) electrons. The number of nitrogens with one attached hydrogen (secondary N) is 1. The number of amides is 1. The number of hydrogen-bond donors (Lipinski definition) is 1. The Hall–Kier alpha value is -2.64. The summed E-state index contributed by atoms with van der Waals surface area (Å²) in [7, 11) is 5.59. The first-order valence-corrected chi connectivity index (χ1v) is 8.89. The van der Waals surface area contributed by atoms with E-state index in [-0.39, 0.29) is 17.4 Å². The number of carbonyl (C=O) groups excluding carboxylic acids is 1. The van der Waals surface area contributed by atoms with E-state index in [2.05, 4.69) is 15.1 Å². The van der Waals surface area contributed by atoms with E-state index in [1.807, 2.05) is 43.8 Å². The molecule has 0 aromatic carbocycles. The van der Waals surface area contributed by atoms with Crippen LogP contribution in [0.5, 0.6) is 0 Å². The average Bonchev–Trinajstić information content (AvgIpc) is 3.21. The molecule has 1 aliphatic heterocycles. The van der Waals surface area contributed by atoms with E-state index < -0.39 is 0 Å². The molecule has 1 aliphatic rings. The van der Waals surface area contributed by atoms with Crippen molar-refractivity contribution >= 4 is 11.9 Å². The van der Waals surface area contributed by atoms with Crippen LogP contribution < -0.4 is 10.5 Å². The van der Waals surface area contributed by atoms with Crippen molar-refractivity contribution in [3.05, 3.63) is 39.6 Å². The lowest BCUT2D eigenvalue weighted by Crippen LogP contribution is -2.29. The van der Waals surface area contributed by atoms with Crippen molar-refractivity contribution in [3.8, 4) is 0 Å². The summed E-state index contributed by atoms with van der Waals surface area (Å²) in [4.78, 5) is 35.3. The molecule has 8 heteroatoms. The Morgan fingerprint density at radius 1 is 1.42 bits per heavy atom. The molecule has 0 saturated carbocycles. The minimum absolute atomic E-state index is 0.111. The summed E-state index contributed by atoms with van der Waals surface area (Å²) in [5.41, 5.74) is 2.82. The van der Waals surface area contributed by atoms with E-state index in [0.717, 1.165) is 23.4 Å². The Balaban J connectivity index is 1.62. The van der Waals surface area contributed by atoms with E-state index in [1.165, 1.54) is 0 Å². The van der Waals surface area contributed by atoms with Crippen LogP contribution in [0.3, 0.4) is 0 Å². The highest BCUT2D eigenvalue weighted by atomic mass is 16.2. The van der Waals surface area contributed by atoms with Crippen molar-refractivity contribution in [1.82, 2.24) is 24.6 Å². The molecule has 1 N–H and O–H groups in total. The minimum Gasteiger partial charge on any atom is -0.348 e. The Bertz CT molecular complexity index is 854. The van der Waals surface area contributed by atoms with Gasteiger partial charge >= 0.3 is 0 Å². The Labute approximate surface area is 152 Å². The van der Waals surface area contributed by atoms with Crippen LogP contribution >= 0.6 is 0 Å². The number of H-pyrrole nitrogens is 1. The second-order valence-corrected chi connectivity index (χ2v) is 7.09. The molecule has 1 saturated heterocycles. The van der Waals surface area contributed by atoms with Gasteiger partial charge in [-0.25, -0.2) is 4.98 Å². The quantitative estimate of drug-likeness (QED) is 0.855. The summed E-state index contributed by atoms with van der Waals surface area (Å²) < 4.78 is 1.83. The number of aromatic nitrogens is 4. The molecule has 1 unspecified atom stereocenters. The predicted octanol–water partition coefficient (Wildman–Crippen LogP) is 0.827. The van der Waals surface area contributed by atoms with Crippen molar-refractivity contribution in [2.75, 3.05) is 32.1 Å². The average molecular weight is 358 g/mol. The maximum Gasteiger partial charge on any atom is 0.252 e. The lowest BCUT2D eigenvalue weighted by Gasteiger charge is -2.17. The molecular formula is C18H26N6O2. The lowest BCUT2D eigenvalue weighted by atomic mass is 10.0. The van der Waals surface area contributed by atoms with E-state index in [1.54, 1.807) is 11.0 Å². The zero-order chi connectivity index (χ0) is 18.8. The number of hydrogen-bond acceptors (Lipinski definition) is 5. The summed E-state index contributed by atoms with van der Waals surface area (Å²) in [6, 6.07) is 1.55. The van der Waals surface area contributed by atoms with Crippen molar-refractivity contribution < 1.29 is 4.79 Å². The molecule has 2 aromatic rings. The Morgan fingerprint density at radius 2 is 2.19 bits per heavy atom. The lowest BCUT2D eigenvalue weighted by molar-refractivity contribution is -0.130. The largest absolute Gasteiger partial charge is 0.348 e. The first kappa shape index (κ1) is 18.2. The second-order valence-electron chi connectivity index (χ2n) is 7.09. The van der Waals surface area contributed by atoms with Gasteiger partial charge in [-0.15, -0.1) is 0 Å². The topological polar surface area (TPSA) is 87.1 Å². The summed E-state index contributed by atoms with van der Waals surface area (Å²) in [6.45, 7) is 3.34. The van der Waals surface area contributed by atoms with Crippen LogP contribution in [0, 0.1) is 6.92 Å². The number of carbonyl (C=O) groups is 1.